The van der Waals surface area contributed by atoms with Crippen LogP contribution >= 0.6 is 0 Å². The molecule has 4 N–H and O–H groups in total. The third-order valence-corrected chi connectivity index (χ3v) is 11.5. The minimum Gasteiger partial charge on any atom is -0.394 e. The number of carbonyl (C=O) groups is 1. The molecule has 5 nitrogen and oxygen atoms in total. The van der Waals surface area contributed by atoms with Crippen LogP contribution in [0.2, 0.25) is 0 Å². The highest BCUT2D eigenvalue weighted by Gasteiger charge is 2.20. The second kappa shape index (κ2) is 45.5. The van der Waals surface area contributed by atoms with Gasteiger partial charge in [-0.1, -0.05) is 250 Å². The van der Waals surface area contributed by atoms with Gasteiger partial charge in [0.05, 0.1) is 31.3 Å². The quantitative estimate of drug-likeness (QED) is 0.0366. The Bertz CT molecular complexity index is 814. The molecule has 0 radical (unpaired) electrons. The standard InChI is InChI=1S/C50H97NO4/c1-3-5-7-9-11-13-15-17-19-21-23-24-26-28-30-32-34-36-38-40-42-44-49(54)48(46-52)51-50(55)45-47(53)43-41-39-37-35-33-31-29-27-25-22-20-18-16-14-12-10-8-6-4-2/h34,36,42,44,47-49,52-54H,3-33,35,37-41,43,45-46H2,1-2H3,(H,51,55)/b36-34+,44-42+. The zero-order chi connectivity index (χ0) is 40.1. The van der Waals surface area contributed by atoms with Gasteiger partial charge in [0.2, 0.25) is 5.91 Å². The zero-order valence-electron chi connectivity index (χ0n) is 37.1. The molecule has 0 rings (SSSR count). The van der Waals surface area contributed by atoms with Gasteiger partial charge in [0, 0.05) is 0 Å². The first-order chi connectivity index (χ1) is 27.0. The van der Waals surface area contributed by atoms with Gasteiger partial charge in [-0.15, -0.1) is 0 Å². The summed E-state index contributed by atoms with van der Waals surface area (Å²) in [5.41, 5.74) is 0. The van der Waals surface area contributed by atoms with E-state index in [0.717, 1.165) is 32.1 Å². The molecule has 0 bridgehead atoms. The monoisotopic (exact) mass is 776 g/mol. The predicted octanol–water partition coefficient (Wildman–Crippen LogP) is 14.6. The lowest BCUT2D eigenvalue weighted by molar-refractivity contribution is -0.124. The third-order valence-electron chi connectivity index (χ3n) is 11.5. The molecule has 3 unspecified atom stereocenters. The fraction of sp³-hybridized carbons (Fsp3) is 0.900. The Morgan fingerprint density at radius 2 is 0.782 bits per heavy atom. The molecule has 0 aliphatic carbocycles. The van der Waals surface area contributed by atoms with Crippen molar-refractivity contribution in [1.82, 2.24) is 5.32 Å². The fourth-order valence-electron chi connectivity index (χ4n) is 7.71. The van der Waals surface area contributed by atoms with Crippen LogP contribution in [-0.4, -0.2) is 46.1 Å². The van der Waals surface area contributed by atoms with E-state index in [4.69, 9.17) is 0 Å². The van der Waals surface area contributed by atoms with Crippen molar-refractivity contribution >= 4 is 5.91 Å². The lowest BCUT2D eigenvalue weighted by atomic mass is 10.0. The van der Waals surface area contributed by atoms with Crippen molar-refractivity contribution in [1.29, 1.82) is 0 Å². The summed E-state index contributed by atoms with van der Waals surface area (Å²) < 4.78 is 0. The van der Waals surface area contributed by atoms with E-state index in [2.05, 4.69) is 31.3 Å². The van der Waals surface area contributed by atoms with E-state index in [1.54, 1.807) is 6.08 Å². The average molecular weight is 776 g/mol. The Balaban J connectivity index is 3.64. The molecule has 0 fully saturated rings. The first-order valence-corrected chi connectivity index (χ1v) is 24.6. The molecule has 5 heteroatoms. The summed E-state index contributed by atoms with van der Waals surface area (Å²) in [5.74, 6) is -0.321. The number of allylic oxidation sites excluding steroid dienone is 3. The molecule has 0 aliphatic rings. The van der Waals surface area contributed by atoms with Crippen molar-refractivity contribution in [3.63, 3.8) is 0 Å². The van der Waals surface area contributed by atoms with Crippen molar-refractivity contribution in [2.24, 2.45) is 0 Å². The van der Waals surface area contributed by atoms with Gasteiger partial charge in [0.15, 0.2) is 0 Å². The maximum atomic E-state index is 12.5. The number of hydrogen-bond donors (Lipinski definition) is 4. The van der Waals surface area contributed by atoms with Crippen molar-refractivity contribution in [3.8, 4) is 0 Å². The molecule has 0 aromatic heterocycles. The van der Waals surface area contributed by atoms with Crippen LogP contribution in [-0.2, 0) is 4.79 Å². The Kier molecular flexibility index (Phi) is 44.6. The van der Waals surface area contributed by atoms with E-state index >= 15 is 0 Å². The summed E-state index contributed by atoms with van der Waals surface area (Å²) in [6, 6.07) is -0.758. The van der Waals surface area contributed by atoms with Crippen LogP contribution in [0.25, 0.3) is 0 Å². The fourth-order valence-corrected chi connectivity index (χ4v) is 7.71. The van der Waals surface area contributed by atoms with E-state index in [-0.39, 0.29) is 18.9 Å². The summed E-state index contributed by atoms with van der Waals surface area (Å²) in [6.45, 7) is 4.23. The van der Waals surface area contributed by atoms with Crippen LogP contribution in [0.3, 0.4) is 0 Å². The minimum absolute atomic E-state index is 0.0101. The van der Waals surface area contributed by atoms with E-state index < -0.39 is 18.2 Å². The van der Waals surface area contributed by atoms with Crippen LogP contribution in [0.1, 0.15) is 264 Å². The van der Waals surface area contributed by atoms with Crippen LogP contribution < -0.4 is 5.32 Å². The SMILES string of the molecule is CCCCCCCCCCCCCCCCC/C=C/CC/C=C/C(O)C(CO)NC(=O)CC(O)CCCCCCCCCCCCCCCCCCCCC. The number of unbranched alkanes of at least 4 members (excludes halogenated alkanes) is 34. The van der Waals surface area contributed by atoms with Gasteiger partial charge in [-0.05, 0) is 32.1 Å². The Hall–Kier alpha value is -1.17. The molecule has 0 spiro atoms. The molecule has 0 saturated heterocycles. The minimum atomic E-state index is -0.949. The number of nitrogens with one attached hydrogen (secondary N) is 1. The van der Waals surface area contributed by atoms with Crippen LogP contribution in [0.5, 0.6) is 0 Å². The lowest BCUT2D eigenvalue weighted by Gasteiger charge is -2.21. The first kappa shape index (κ1) is 53.8. The molecule has 55 heavy (non-hydrogen) atoms. The molecular weight excluding hydrogens is 679 g/mol. The number of rotatable bonds is 45. The van der Waals surface area contributed by atoms with Crippen LogP contribution in [0, 0.1) is 0 Å². The summed E-state index contributed by atoms with van der Waals surface area (Å²) in [4.78, 5) is 12.5. The Morgan fingerprint density at radius 1 is 0.455 bits per heavy atom. The van der Waals surface area contributed by atoms with Gasteiger partial charge in [-0.3, -0.25) is 4.79 Å². The summed E-state index contributed by atoms with van der Waals surface area (Å²) in [7, 11) is 0. The van der Waals surface area contributed by atoms with Gasteiger partial charge >= 0.3 is 0 Å². The van der Waals surface area contributed by atoms with Gasteiger partial charge < -0.3 is 20.6 Å². The van der Waals surface area contributed by atoms with E-state index in [1.165, 1.54) is 205 Å². The average Bonchev–Trinajstić information content (AvgIpc) is 3.18. The summed E-state index contributed by atoms with van der Waals surface area (Å²) >= 11 is 0. The zero-order valence-corrected chi connectivity index (χ0v) is 37.1. The number of amides is 1. The van der Waals surface area contributed by atoms with E-state index in [9.17, 15) is 20.1 Å². The first-order valence-electron chi connectivity index (χ1n) is 24.6. The highest BCUT2D eigenvalue weighted by atomic mass is 16.3. The smallest absolute Gasteiger partial charge is 0.222 e. The highest BCUT2D eigenvalue weighted by Crippen LogP contribution is 2.17. The molecule has 0 aromatic rings. The number of carbonyl (C=O) groups excluding carboxylic acids is 1. The molecule has 3 atom stereocenters. The second-order valence-electron chi connectivity index (χ2n) is 17.1. The molecule has 0 heterocycles. The van der Waals surface area contributed by atoms with Gasteiger partial charge in [0.1, 0.15) is 0 Å². The number of aliphatic hydroxyl groups excluding tert-OH is 3. The molecule has 1 amide bonds. The highest BCUT2D eigenvalue weighted by molar-refractivity contribution is 5.76. The van der Waals surface area contributed by atoms with E-state index in [0.29, 0.717) is 6.42 Å². The van der Waals surface area contributed by atoms with Crippen molar-refractivity contribution in [2.45, 2.75) is 283 Å². The largest absolute Gasteiger partial charge is 0.394 e. The molecule has 0 saturated carbocycles. The maximum Gasteiger partial charge on any atom is 0.222 e. The Labute approximate surface area is 343 Å². The van der Waals surface area contributed by atoms with Crippen LogP contribution in [0.4, 0.5) is 0 Å². The molecule has 0 aliphatic heterocycles. The van der Waals surface area contributed by atoms with Gasteiger partial charge in [-0.2, -0.15) is 0 Å². The maximum absolute atomic E-state index is 12.5. The Morgan fingerprint density at radius 3 is 1.16 bits per heavy atom. The summed E-state index contributed by atoms with van der Waals surface area (Å²) in [6.07, 6.45) is 56.2. The second-order valence-corrected chi connectivity index (χ2v) is 17.1. The normalized spacial score (nSPS) is 13.6. The lowest BCUT2D eigenvalue weighted by Crippen LogP contribution is -2.45. The van der Waals surface area contributed by atoms with Crippen molar-refractivity contribution < 1.29 is 20.1 Å². The molecular formula is C50H97NO4. The molecule has 0 aromatic carbocycles. The predicted molar refractivity (Wildman–Crippen MR) is 241 cm³/mol. The van der Waals surface area contributed by atoms with Crippen molar-refractivity contribution in [3.05, 3.63) is 24.3 Å². The van der Waals surface area contributed by atoms with E-state index in [1.807, 2.05) is 6.08 Å². The summed E-state index contributed by atoms with van der Waals surface area (Å²) in [5, 5.41) is 33.3. The molecule has 326 valence electrons. The number of aliphatic hydroxyl groups is 3. The van der Waals surface area contributed by atoms with Crippen LogP contribution in [0.15, 0.2) is 24.3 Å². The third kappa shape index (κ3) is 42.3. The van der Waals surface area contributed by atoms with Gasteiger partial charge in [0.25, 0.3) is 0 Å². The topological polar surface area (TPSA) is 89.8 Å². The van der Waals surface area contributed by atoms with Crippen molar-refractivity contribution in [2.75, 3.05) is 6.61 Å². The number of hydrogen-bond acceptors (Lipinski definition) is 4. The van der Waals surface area contributed by atoms with Gasteiger partial charge in [-0.25, -0.2) is 0 Å².